The number of nitrogens with one attached hydrogen (secondary N) is 2. The van der Waals surface area contributed by atoms with Gasteiger partial charge in [0.15, 0.2) is 0 Å². The Morgan fingerprint density at radius 2 is 2.42 bits per heavy atom. The van der Waals surface area contributed by atoms with E-state index in [2.05, 4.69) is 20.5 Å². The van der Waals surface area contributed by atoms with Crippen LogP contribution in [0.3, 0.4) is 0 Å². The van der Waals surface area contributed by atoms with Gasteiger partial charge < -0.3 is 15.3 Å². The summed E-state index contributed by atoms with van der Waals surface area (Å²) < 4.78 is 0. The first kappa shape index (κ1) is 13.3. The molecule has 2 rings (SSSR count). The van der Waals surface area contributed by atoms with E-state index >= 15 is 0 Å². The average molecular weight is 267 g/mol. The van der Waals surface area contributed by atoms with Crippen LogP contribution in [0.4, 0.5) is 4.79 Å². The number of nitrogens with zero attached hydrogens (tertiary/aromatic N) is 3. The maximum Gasteiger partial charge on any atom is 0.317 e. The molecule has 19 heavy (non-hydrogen) atoms. The van der Waals surface area contributed by atoms with Gasteiger partial charge in [-0.2, -0.15) is 5.10 Å². The van der Waals surface area contributed by atoms with E-state index < -0.39 is 11.4 Å². The minimum atomic E-state index is -0.861. The van der Waals surface area contributed by atoms with Crippen LogP contribution < -0.4 is 5.32 Å². The number of aromatic nitrogens is 3. The number of carboxylic acid groups (broad SMARTS) is 1. The normalized spacial score (nSPS) is 23.1. The molecule has 3 N–H and O–H groups in total. The minimum absolute atomic E-state index is 0.227. The Kier molecular flexibility index (Phi) is 3.68. The van der Waals surface area contributed by atoms with Gasteiger partial charge in [-0.15, -0.1) is 0 Å². The van der Waals surface area contributed by atoms with Gasteiger partial charge in [-0.3, -0.25) is 9.89 Å². The Morgan fingerprint density at radius 3 is 3.05 bits per heavy atom. The van der Waals surface area contributed by atoms with Crippen molar-refractivity contribution >= 4 is 12.0 Å². The van der Waals surface area contributed by atoms with Crippen molar-refractivity contribution in [3.8, 4) is 0 Å². The summed E-state index contributed by atoms with van der Waals surface area (Å²) in [6, 6.07) is -0.274. The van der Waals surface area contributed by atoms with Crippen molar-refractivity contribution in [1.82, 2.24) is 25.4 Å². The molecule has 1 aromatic rings. The number of carboxylic acids is 1. The Morgan fingerprint density at radius 1 is 1.63 bits per heavy atom. The number of amides is 2. The topological polar surface area (TPSA) is 111 Å². The number of H-pyrrole nitrogens is 1. The monoisotopic (exact) mass is 267 g/mol. The predicted octanol–water partition coefficient (Wildman–Crippen LogP) is 0.201. The van der Waals surface area contributed by atoms with Crippen LogP contribution in [0.1, 0.15) is 25.6 Å². The Labute approximate surface area is 110 Å². The Balaban J connectivity index is 1.90. The first-order valence-electron chi connectivity index (χ1n) is 6.12. The average Bonchev–Trinajstić information content (AvgIpc) is 2.89. The van der Waals surface area contributed by atoms with Gasteiger partial charge in [0, 0.05) is 13.1 Å². The van der Waals surface area contributed by atoms with Crippen LogP contribution in [0, 0.1) is 5.41 Å². The largest absolute Gasteiger partial charge is 0.481 e. The van der Waals surface area contributed by atoms with Gasteiger partial charge in [-0.05, 0) is 19.8 Å². The first-order valence-corrected chi connectivity index (χ1v) is 6.12. The highest BCUT2D eigenvalue weighted by molar-refractivity contribution is 5.78. The van der Waals surface area contributed by atoms with Crippen LogP contribution in [0.25, 0.3) is 0 Å². The molecule has 0 aliphatic carbocycles. The van der Waals surface area contributed by atoms with Gasteiger partial charge in [0.05, 0.1) is 12.0 Å². The van der Waals surface area contributed by atoms with E-state index in [4.69, 9.17) is 0 Å². The number of aromatic amines is 1. The summed E-state index contributed by atoms with van der Waals surface area (Å²) in [4.78, 5) is 28.6. The molecule has 1 aliphatic heterocycles. The van der Waals surface area contributed by atoms with Crippen LogP contribution in [-0.2, 0) is 11.3 Å². The fraction of sp³-hybridized carbons (Fsp3) is 0.636. The van der Waals surface area contributed by atoms with E-state index in [1.54, 1.807) is 6.92 Å². The lowest BCUT2D eigenvalue weighted by atomic mass is 9.82. The van der Waals surface area contributed by atoms with Crippen molar-refractivity contribution in [2.75, 3.05) is 13.1 Å². The molecular weight excluding hydrogens is 250 g/mol. The summed E-state index contributed by atoms with van der Waals surface area (Å²) in [5, 5.41) is 18.2. The number of carbonyl (C=O) groups is 2. The van der Waals surface area contributed by atoms with Gasteiger partial charge in [-0.1, -0.05) is 0 Å². The molecular formula is C11H17N5O3. The molecule has 2 amide bonds. The van der Waals surface area contributed by atoms with Crippen molar-refractivity contribution in [2.24, 2.45) is 5.41 Å². The highest BCUT2D eigenvalue weighted by atomic mass is 16.4. The number of hydrogen-bond donors (Lipinski definition) is 3. The number of hydrogen-bond acceptors (Lipinski definition) is 4. The van der Waals surface area contributed by atoms with Gasteiger partial charge in [-0.25, -0.2) is 9.78 Å². The third kappa shape index (κ3) is 3.01. The van der Waals surface area contributed by atoms with Crippen LogP contribution in [0.5, 0.6) is 0 Å². The third-order valence-electron chi connectivity index (χ3n) is 3.37. The molecule has 104 valence electrons. The smallest absolute Gasteiger partial charge is 0.317 e. The fourth-order valence-corrected chi connectivity index (χ4v) is 2.17. The van der Waals surface area contributed by atoms with Crippen molar-refractivity contribution in [2.45, 2.75) is 26.3 Å². The Hall–Kier alpha value is -2.12. The molecule has 0 radical (unpaired) electrons. The van der Waals surface area contributed by atoms with Gasteiger partial charge in [0.2, 0.25) is 0 Å². The lowest BCUT2D eigenvalue weighted by Crippen LogP contribution is -2.51. The summed E-state index contributed by atoms with van der Waals surface area (Å²) in [6.07, 6.45) is 2.65. The number of urea groups is 1. The predicted molar refractivity (Wildman–Crippen MR) is 65.2 cm³/mol. The summed E-state index contributed by atoms with van der Waals surface area (Å²) in [6.45, 7) is 2.72. The standard InChI is InChI=1S/C11H17N5O3/c1-11(9(17)18)3-2-4-16(6-11)10(19)12-5-8-13-7-14-15-8/h7H,2-6H2,1H3,(H,12,19)(H,17,18)(H,13,14,15). The van der Waals surface area contributed by atoms with E-state index in [9.17, 15) is 14.7 Å². The second kappa shape index (κ2) is 5.25. The zero-order chi connectivity index (χ0) is 13.9. The second-order valence-corrected chi connectivity index (χ2v) is 4.98. The van der Waals surface area contributed by atoms with Crippen molar-refractivity contribution in [1.29, 1.82) is 0 Å². The number of aliphatic carboxylic acids is 1. The number of rotatable bonds is 3. The van der Waals surface area contributed by atoms with E-state index in [0.717, 1.165) is 0 Å². The first-order chi connectivity index (χ1) is 9.01. The molecule has 0 spiro atoms. The van der Waals surface area contributed by atoms with Crippen LogP contribution in [-0.4, -0.2) is 50.3 Å². The molecule has 1 atom stereocenters. The third-order valence-corrected chi connectivity index (χ3v) is 3.37. The maximum absolute atomic E-state index is 12.0. The maximum atomic E-state index is 12.0. The molecule has 0 aromatic carbocycles. The van der Waals surface area contributed by atoms with E-state index in [1.807, 2.05) is 0 Å². The second-order valence-electron chi connectivity index (χ2n) is 4.98. The molecule has 0 bridgehead atoms. The number of likely N-dealkylation sites (tertiary alicyclic amines) is 1. The SMILES string of the molecule is CC1(C(=O)O)CCCN(C(=O)NCc2ncn[nH]2)C1. The molecule has 1 aliphatic rings. The Bertz CT molecular complexity index is 461. The summed E-state index contributed by atoms with van der Waals surface area (Å²) in [7, 11) is 0. The molecule has 1 aromatic heterocycles. The zero-order valence-electron chi connectivity index (χ0n) is 10.7. The highest BCUT2D eigenvalue weighted by Crippen LogP contribution is 2.29. The molecule has 0 saturated carbocycles. The van der Waals surface area contributed by atoms with Crippen LogP contribution in [0.15, 0.2) is 6.33 Å². The lowest BCUT2D eigenvalue weighted by Gasteiger charge is -2.37. The molecule has 1 saturated heterocycles. The van der Waals surface area contributed by atoms with Crippen molar-refractivity contribution in [3.63, 3.8) is 0 Å². The van der Waals surface area contributed by atoms with Crippen molar-refractivity contribution < 1.29 is 14.7 Å². The molecule has 1 fully saturated rings. The summed E-state index contributed by atoms with van der Waals surface area (Å²) >= 11 is 0. The molecule has 2 heterocycles. The van der Waals surface area contributed by atoms with E-state index in [-0.39, 0.29) is 19.1 Å². The molecule has 1 unspecified atom stereocenters. The minimum Gasteiger partial charge on any atom is -0.481 e. The fourth-order valence-electron chi connectivity index (χ4n) is 2.17. The number of carbonyl (C=O) groups excluding carboxylic acids is 1. The van der Waals surface area contributed by atoms with Crippen molar-refractivity contribution in [3.05, 3.63) is 12.2 Å². The van der Waals surface area contributed by atoms with Gasteiger partial charge in [0.1, 0.15) is 12.2 Å². The van der Waals surface area contributed by atoms with Gasteiger partial charge >= 0.3 is 12.0 Å². The summed E-state index contributed by atoms with van der Waals surface area (Å²) in [5.74, 6) is -0.299. The zero-order valence-corrected chi connectivity index (χ0v) is 10.7. The van der Waals surface area contributed by atoms with Gasteiger partial charge in [0.25, 0.3) is 0 Å². The van der Waals surface area contributed by atoms with E-state index in [1.165, 1.54) is 11.2 Å². The lowest BCUT2D eigenvalue weighted by molar-refractivity contribution is -0.150. The quantitative estimate of drug-likeness (QED) is 0.724. The molecule has 8 heteroatoms. The molecule has 8 nitrogen and oxygen atoms in total. The van der Waals surface area contributed by atoms with Crippen LogP contribution in [0.2, 0.25) is 0 Å². The van der Waals surface area contributed by atoms with E-state index in [0.29, 0.717) is 25.2 Å². The van der Waals surface area contributed by atoms with Crippen LogP contribution >= 0.6 is 0 Å². The number of piperidine rings is 1. The highest BCUT2D eigenvalue weighted by Gasteiger charge is 2.39. The summed E-state index contributed by atoms with van der Waals surface area (Å²) in [5.41, 5.74) is -0.859.